The Balaban J connectivity index is 2.03. The van der Waals surface area contributed by atoms with Gasteiger partial charge < -0.3 is 10.2 Å². The van der Waals surface area contributed by atoms with Crippen molar-refractivity contribution in [3.8, 4) is 0 Å². The molecule has 1 amide bonds. The Morgan fingerprint density at radius 3 is 2.81 bits per heavy atom. The molecule has 1 fully saturated rings. The summed E-state index contributed by atoms with van der Waals surface area (Å²) in [6, 6.07) is 7.56. The average molecular weight is 239 g/mol. The lowest BCUT2D eigenvalue weighted by atomic mass is 10.1. The van der Waals surface area contributed by atoms with E-state index in [0.717, 1.165) is 23.7 Å². The van der Waals surface area contributed by atoms with Crippen LogP contribution in [0.2, 0.25) is 5.02 Å². The van der Waals surface area contributed by atoms with Crippen molar-refractivity contribution in [3.63, 3.8) is 0 Å². The molecule has 3 nitrogen and oxygen atoms in total. The highest BCUT2D eigenvalue weighted by Crippen LogP contribution is 2.13. The number of hydrogen-bond acceptors (Lipinski definition) is 2. The molecule has 1 unspecified atom stereocenters. The van der Waals surface area contributed by atoms with Crippen LogP contribution in [0.5, 0.6) is 0 Å². The number of piperazine rings is 1. The normalized spacial score (nSPS) is 21.2. The molecule has 16 heavy (non-hydrogen) atoms. The van der Waals surface area contributed by atoms with Crippen LogP contribution in [-0.2, 0) is 11.3 Å². The molecule has 2 rings (SSSR count). The molecule has 0 aliphatic carbocycles. The van der Waals surface area contributed by atoms with Crippen LogP contribution in [0.15, 0.2) is 24.3 Å². The smallest absolute Gasteiger partial charge is 0.239 e. The number of rotatable bonds is 2. The first kappa shape index (κ1) is 11.4. The first-order valence-electron chi connectivity index (χ1n) is 5.43. The zero-order chi connectivity index (χ0) is 11.5. The maximum absolute atomic E-state index is 11.8. The molecule has 1 heterocycles. The van der Waals surface area contributed by atoms with Gasteiger partial charge in [0.2, 0.25) is 5.91 Å². The molecule has 1 aromatic carbocycles. The molecule has 1 aliphatic rings. The average Bonchev–Trinajstić information content (AvgIpc) is 2.28. The van der Waals surface area contributed by atoms with Crippen molar-refractivity contribution in [3.05, 3.63) is 34.9 Å². The van der Waals surface area contributed by atoms with E-state index in [9.17, 15) is 4.79 Å². The standard InChI is InChI=1S/C12H15ClN2O/c1-9-12(16)15(7-6-14-9)8-10-2-4-11(13)5-3-10/h2-5,9,14H,6-8H2,1H3. The highest BCUT2D eigenvalue weighted by atomic mass is 35.5. The lowest BCUT2D eigenvalue weighted by Gasteiger charge is -2.31. The molecule has 0 aromatic heterocycles. The van der Waals surface area contributed by atoms with Crippen LogP contribution >= 0.6 is 11.6 Å². The topological polar surface area (TPSA) is 32.3 Å². The van der Waals surface area contributed by atoms with Gasteiger partial charge in [0.1, 0.15) is 0 Å². The second-order valence-corrected chi connectivity index (χ2v) is 4.50. The van der Waals surface area contributed by atoms with Gasteiger partial charge in [-0.2, -0.15) is 0 Å². The zero-order valence-electron chi connectivity index (χ0n) is 9.24. The SMILES string of the molecule is CC1NCCN(Cc2ccc(Cl)cc2)C1=O. The molecule has 1 aromatic rings. The van der Waals surface area contributed by atoms with Gasteiger partial charge >= 0.3 is 0 Å². The molecular weight excluding hydrogens is 224 g/mol. The molecule has 86 valence electrons. The summed E-state index contributed by atoms with van der Waals surface area (Å²) in [5.74, 6) is 0.168. The summed E-state index contributed by atoms with van der Waals surface area (Å²) in [6.45, 7) is 4.20. The number of nitrogens with one attached hydrogen (secondary N) is 1. The third-order valence-electron chi connectivity index (χ3n) is 2.80. The van der Waals surface area contributed by atoms with E-state index < -0.39 is 0 Å². The van der Waals surface area contributed by atoms with E-state index in [4.69, 9.17) is 11.6 Å². The summed E-state index contributed by atoms with van der Waals surface area (Å²) in [6.07, 6.45) is 0. The van der Waals surface area contributed by atoms with Gasteiger partial charge in [-0.15, -0.1) is 0 Å². The fraction of sp³-hybridized carbons (Fsp3) is 0.417. The van der Waals surface area contributed by atoms with Crippen molar-refractivity contribution in [2.75, 3.05) is 13.1 Å². The molecule has 1 atom stereocenters. The van der Waals surface area contributed by atoms with Crippen molar-refractivity contribution < 1.29 is 4.79 Å². The number of benzene rings is 1. The maximum Gasteiger partial charge on any atom is 0.239 e. The summed E-state index contributed by atoms with van der Waals surface area (Å²) >= 11 is 5.82. The summed E-state index contributed by atoms with van der Waals surface area (Å²) in [4.78, 5) is 13.7. The Kier molecular flexibility index (Phi) is 3.46. The lowest BCUT2D eigenvalue weighted by molar-refractivity contribution is -0.135. The number of carbonyl (C=O) groups is 1. The number of hydrogen-bond donors (Lipinski definition) is 1. The lowest BCUT2D eigenvalue weighted by Crippen LogP contribution is -2.53. The van der Waals surface area contributed by atoms with E-state index >= 15 is 0 Å². The first-order valence-corrected chi connectivity index (χ1v) is 5.81. The van der Waals surface area contributed by atoms with Crippen LogP contribution in [0.4, 0.5) is 0 Å². The largest absolute Gasteiger partial charge is 0.336 e. The van der Waals surface area contributed by atoms with Crippen LogP contribution in [0.25, 0.3) is 0 Å². The molecular formula is C12H15ClN2O. The quantitative estimate of drug-likeness (QED) is 0.850. The van der Waals surface area contributed by atoms with Crippen LogP contribution in [0.3, 0.4) is 0 Å². The van der Waals surface area contributed by atoms with Gasteiger partial charge in [-0.05, 0) is 24.6 Å². The second-order valence-electron chi connectivity index (χ2n) is 4.06. The first-order chi connectivity index (χ1) is 7.66. The van der Waals surface area contributed by atoms with Gasteiger partial charge in [0.15, 0.2) is 0 Å². The zero-order valence-corrected chi connectivity index (χ0v) is 10.00. The predicted octanol–water partition coefficient (Wildman–Crippen LogP) is 1.66. The highest BCUT2D eigenvalue weighted by Gasteiger charge is 2.24. The van der Waals surface area contributed by atoms with E-state index in [1.54, 1.807) is 0 Å². The minimum atomic E-state index is -0.0685. The van der Waals surface area contributed by atoms with E-state index in [1.165, 1.54) is 0 Å². The fourth-order valence-corrected chi connectivity index (χ4v) is 1.98. The summed E-state index contributed by atoms with van der Waals surface area (Å²) in [7, 11) is 0. The van der Waals surface area contributed by atoms with Crippen molar-refractivity contribution in [2.45, 2.75) is 19.5 Å². The van der Waals surface area contributed by atoms with Gasteiger partial charge in [-0.25, -0.2) is 0 Å². The Bertz CT molecular complexity index is 377. The van der Waals surface area contributed by atoms with Crippen molar-refractivity contribution in [1.82, 2.24) is 10.2 Å². The third kappa shape index (κ3) is 2.54. The Morgan fingerprint density at radius 1 is 1.44 bits per heavy atom. The summed E-state index contributed by atoms with van der Waals surface area (Å²) in [5, 5.41) is 3.87. The molecule has 1 N–H and O–H groups in total. The molecule has 0 spiro atoms. The number of amides is 1. The molecule has 0 saturated carbocycles. The predicted molar refractivity (Wildman–Crippen MR) is 64.3 cm³/mol. The molecule has 0 bridgehead atoms. The van der Waals surface area contributed by atoms with Crippen molar-refractivity contribution >= 4 is 17.5 Å². The highest BCUT2D eigenvalue weighted by molar-refractivity contribution is 6.30. The summed E-state index contributed by atoms with van der Waals surface area (Å²) in [5.41, 5.74) is 1.12. The van der Waals surface area contributed by atoms with Gasteiger partial charge in [-0.1, -0.05) is 23.7 Å². The van der Waals surface area contributed by atoms with Gasteiger partial charge in [0.05, 0.1) is 6.04 Å². The molecule has 0 radical (unpaired) electrons. The van der Waals surface area contributed by atoms with Crippen LogP contribution in [0, 0.1) is 0 Å². The minimum Gasteiger partial charge on any atom is -0.336 e. The Labute approximate surface area is 100 Å². The molecule has 1 saturated heterocycles. The van der Waals surface area contributed by atoms with E-state index in [-0.39, 0.29) is 11.9 Å². The number of carbonyl (C=O) groups excluding carboxylic acids is 1. The fourth-order valence-electron chi connectivity index (χ4n) is 1.85. The van der Waals surface area contributed by atoms with Gasteiger partial charge in [0.25, 0.3) is 0 Å². The number of nitrogens with zero attached hydrogens (tertiary/aromatic N) is 1. The second kappa shape index (κ2) is 4.85. The third-order valence-corrected chi connectivity index (χ3v) is 3.05. The van der Waals surface area contributed by atoms with E-state index in [0.29, 0.717) is 6.54 Å². The van der Waals surface area contributed by atoms with Crippen LogP contribution in [-0.4, -0.2) is 29.9 Å². The summed E-state index contributed by atoms with van der Waals surface area (Å²) < 4.78 is 0. The number of halogens is 1. The Hall–Kier alpha value is -1.06. The molecule has 1 aliphatic heterocycles. The van der Waals surface area contributed by atoms with Crippen molar-refractivity contribution in [1.29, 1.82) is 0 Å². The van der Waals surface area contributed by atoms with Gasteiger partial charge in [0, 0.05) is 24.7 Å². The van der Waals surface area contributed by atoms with Crippen molar-refractivity contribution in [2.24, 2.45) is 0 Å². The van der Waals surface area contributed by atoms with Gasteiger partial charge in [-0.3, -0.25) is 4.79 Å². The molecule has 4 heteroatoms. The minimum absolute atomic E-state index is 0.0685. The monoisotopic (exact) mass is 238 g/mol. The van der Waals surface area contributed by atoms with Crippen LogP contribution < -0.4 is 5.32 Å². The maximum atomic E-state index is 11.8. The van der Waals surface area contributed by atoms with E-state index in [2.05, 4.69) is 5.32 Å². The van der Waals surface area contributed by atoms with Crippen LogP contribution in [0.1, 0.15) is 12.5 Å². The Morgan fingerprint density at radius 2 is 2.12 bits per heavy atom. The van der Waals surface area contributed by atoms with E-state index in [1.807, 2.05) is 36.1 Å².